The molecule has 247 valence electrons. The van der Waals surface area contributed by atoms with E-state index in [1.165, 1.54) is 37.3 Å². The summed E-state index contributed by atoms with van der Waals surface area (Å²) in [6, 6.07) is 18.1. The summed E-state index contributed by atoms with van der Waals surface area (Å²) < 4.78 is 19.9. The molecule has 1 radical (unpaired) electrons. The van der Waals surface area contributed by atoms with Crippen molar-refractivity contribution < 1.29 is 38.8 Å². The minimum absolute atomic E-state index is 0. The van der Waals surface area contributed by atoms with Crippen molar-refractivity contribution in [2.75, 3.05) is 0 Å². The first kappa shape index (κ1) is 33.5. The number of furan rings is 1. The third kappa shape index (κ3) is 7.07. The molecule has 3 heterocycles. The number of alkyl halides is 1. The Hall–Kier alpha value is -3.41. The predicted octanol–water partition coefficient (Wildman–Crippen LogP) is 10.6. The topological polar surface area (TPSA) is 76.2 Å². The molecule has 3 aliphatic rings. The number of pyridine rings is 2. The molecule has 0 bridgehead atoms. The van der Waals surface area contributed by atoms with Crippen LogP contribution in [0.1, 0.15) is 93.4 Å². The van der Waals surface area contributed by atoms with Gasteiger partial charge in [-0.05, 0) is 98.0 Å². The van der Waals surface area contributed by atoms with Gasteiger partial charge in [0.2, 0.25) is 5.71 Å². The first-order chi connectivity index (χ1) is 22.3. The SMILES string of the molecule is Cc1[c-]c(-c2nccc3cc(C4CCC(F)C4)ccc23)c2oc3nc(C)ccc3c2c1.O=C(/C=C(\O)C1CCCC1)C1CCCC1.[Ir]. The summed E-state index contributed by atoms with van der Waals surface area (Å²) in [5, 5.41) is 14.0. The zero-order valence-electron chi connectivity index (χ0n) is 27.2. The molecule has 0 amide bonds. The van der Waals surface area contributed by atoms with Crippen molar-refractivity contribution in [2.45, 2.75) is 96.6 Å². The predicted molar refractivity (Wildman–Crippen MR) is 182 cm³/mol. The fraction of sp³-hybridized carbons (Fsp3) is 0.425. The number of aliphatic hydroxyl groups excluding tert-OH is 1. The van der Waals surface area contributed by atoms with Crippen LogP contribution in [0.2, 0.25) is 0 Å². The van der Waals surface area contributed by atoms with E-state index in [0.717, 1.165) is 81.7 Å². The van der Waals surface area contributed by atoms with Gasteiger partial charge in [0.15, 0.2) is 5.78 Å². The number of hydrogen-bond acceptors (Lipinski definition) is 5. The van der Waals surface area contributed by atoms with Crippen molar-refractivity contribution in [3.05, 3.63) is 83.4 Å². The first-order valence-electron chi connectivity index (χ1n) is 17.0. The molecule has 2 aromatic carbocycles. The number of allylic oxidation sites excluding steroid dienone is 2. The summed E-state index contributed by atoms with van der Waals surface area (Å²) in [4.78, 5) is 21.1. The molecule has 2 atom stereocenters. The zero-order valence-corrected chi connectivity index (χ0v) is 29.5. The maximum atomic E-state index is 13.7. The van der Waals surface area contributed by atoms with Crippen LogP contribution in [0.3, 0.4) is 0 Å². The van der Waals surface area contributed by atoms with Gasteiger partial charge in [0.1, 0.15) is 6.17 Å². The molecule has 0 aliphatic heterocycles. The number of benzene rings is 2. The van der Waals surface area contributed by atoms with E-state index < -0.39 is 6.17 Å². The van der Waals surface area contributed by atoms with E-state index in [9.17, 15) is 14.3 Å². The van der Waals surface area contributed by atoms with Gasteiger partial charge < -0.3 is 14.5 Å². The van der Waals surface area contributed by atoms with Gasteiger partial charge in [0.25, 0.3) is 0 Å². The van der Waals surface area contributed by atoms with Crippen molar-refractivity contribution >= 4 is 38.6 Å². The van der Waals surface area contributed by atoms with E-state index in [1.54, 1.807) is 0 Å². The number of carbonyl (C=O) groups excluding carboxylic acids is 1. The maximum absolute atomic E-state index is 13.7. The van der Waals surface area contributed by atoms with Gasteiger partial charge in [-0.25, -0.2) is 9.37 Å². The Bertz CT molecular complexity index is 1940. The summed E-state index contributed by atoms with van der Waals surface area (Å²) in [5.74, 6) is 1.29. The Morgan fingerprint density at radius 1 is 0.915 bits per heavy atom. The second kappa shape index (κ2) is 14.4. The van der Waals surface area contributed by atoms with Gasteiger partial charge in [-0.3, -0.25) is 4.79 Å². The van der Waals surface area contributed by atoms with Crippen LogP contribution in [0.25, 0.3) is 44.1 Å². The summed E-state index contributed by atoms with van der Waals surface area (Å²) in [6.45, 7) is 4.00. The first-order valence-corrected chi connectivity index (χ1v) is 17.0. The average Bonchev–Trinajstić information content (AvgIpc) is 3.88. The van der Waals surface area contributed by atoms with E-state index in [1.807, 2.05) is 32.2 Å². The number of fused-ring (bicyclic) bond motifs is 4. The van der Waals surface area contributed by atoms with Gasteiger partial charge >= 0.3 is 0 Å². The fourth-order valence-electron chi connectivity index (χ4n) is 7.78. The number of aromatic nitrogens is 2. The standard InChI is InChI=1S/C27H22FN2O.C13H20O2.Ir/c1-15-11-23-22-7-3-16(2)30-27(22)31-26(23)24(12-15)25-21-8-5-17(13-19(21)9-10-29-25)18-4-6-20(28)14-18;14-12(10-5-1-2-6-10)9-13(15)11-7-3-4-8-11;/h3,5,7-11,13,18,20H,4,6,14H2,1-2H3;9-11,14H,1-8H2;/q-1;;/b;12-9-;. The Morgan fingerprint density at radius 3 is 2.36 bits per heavy atom. The van der Waals surface area contributed by atoms with Crippen LogP contribution in [0.15, 0.2) is 64.9 Å². The zero-order chi connectivity index (χ0) is 31.8. The van der Waals surface area contributed by atoms with Crippen molar-refractivity contribution in [1.82, 2.24) is 9.97 Å². The summed E-state index contributed by atoms with van der Waals surface area (Å²) >= 11 is 0. The van der Waals surface area contributed by atoms with E-state index in [2.05, 4.69) is 41.4 Å². The molecule has 3 saturated carbocycles. The number of hydrogen-bond donors (Lipinski definition) is 1. The van der Waals surface area contributed by atoms with Gasteiger partial charge in [-0.15, -0.1) is 17.7 Å². The van der Waals surface area contributed by atoms with Gasteiger partial charge in [-0.1, -0.05) is 61.8 Å². The molecule has 5 aromatic rings. The minimum Gasteiger partial charge on any atom is -0.512 e. The van der Waals surface area contributed by atoms with Gasteiger partial charge in [0, 0.05) is 55.3 Å². The van der Waals surface area contributed by atoms with Crippen LogP contribution in [-0.2, 0) is 24.9 Å². The van der Waals surface area contributed by atoms with Gasteiger partial charge in [-0.2, -0.15) is 0 Å². The van der Waals surface area contributed by atoms with Crippen molar-refractivity contribution in [3.8, 4) is 11.3 Å². The van der Waals surface area contributed by atoms with E-state index in [-0.39, 0.29) is 37.7 Å². The number of ketones is 1. The smallest absolute Gasteiger partial charge is 0.216 e. The average molecular weight is 810 g/mol. The van der Waals surface area contributed by atoms with E-state index >= 15 is 0 Å². The molecule has 8 rings (SSSR count). The number of carbonyl (C=O) groups is 1. The maximum Gasteiger partial charge on any atom is 0.216 e. The molecule has 0 spiro atoms. The van der Waals surface area contributed by atoms with Crippen LogP contribution in [0.5, 0.6) is 0 Å². The Kier molecular flexibility index (Phi) is 10.2. The summed E-state index contributed by atoms with van der Waals surface area (Å²) in [6.07, 6.45) is 13.8. The Morgan fingerprint density at radius 2 is 1.64 bits per heavy atom. The minimum atomic E-state index is -0.672. The normalized spacial score (nSPS) is 20.5. The largest absolute Gasteiger partial charge is 0.512 e. The number of nitrogens with zero attached hydrogens (tertiary/aromatic N) is 2. The second-order valence-corrected chi connectivity index (χ2v) is 13.7. The van der Waals surface area contributed by atoms with Crippen LogP contribution < -0.4 is 0 Å². The summed E-state index contributed by atoms with van der Waals surface area (Å²) in [5.41, 5.74) is 6.27. The number of aliphatic hydroxyl groups is 1. The number of halogens is 1. The number of rotatable bonds is 5. The molecule has 3 aliphatic carbocycles. The molecule has 3 fully saturated rings. The van der Waals surface area contributed by atoms with Crippen molar-refractivity contribution in [2.24, 2.45) is 11.8 Å². The molecule has 47 heavy (non-hydrogen) atoms. The van der Waals surface area contributed by atoms with Gasteiger partial charge in [0.05, 0.1) is 11.3 Å². The summed E-state index contributed by atoms with van der Waals surface area (Å²) in [7, 11) is 0. The molecular weight excluding hydrogens is 768 g/mol. The molecule has 0 saturated heterocycles. The fourth-order valence-corrected chi connectivity index (χ4v) is 7.78. The molecule has 5 nitrogen and oxygen atoms in total. The van der Waals surface area contributed by atoms with Crippen LogP contribution in [-0.4, -0.2) is 27.0 Å². The quantitative estimate of drug-likeness (QED) is 0.109. The molecule has 3 aromatic heterocycles. The molecule has 2 unspecified atom stereocenters. The van der Waals surface area contributed by atoms with Crippen molar-refractivity contribution in [1.29, 1.82) is 0 Å². The van der Waals surface area contributed by atoms with E-state index in [4.69, 9.17) is 9.40 Å². The monoisotopic (exact) mass is 810 g/mol. The molecular formula is C40H42FIrN2O3-. The second-order valence-electron chi connectivity index (χ2n) is 13.7. The molecule has 1 N–H and O–H groups in total. The van der Waals surface area contributed by atoms with Crippen LogP contribution >= 0.6 is 0 Å². The van der Waals surface area contributed by atoms with Crippen LogP contribution in [0, 0.1) is 31.7 Å². The third-order valence-electron chi connectivity index (χ3n) is 10.3. The Labute approximate surface area is 289 Å². The number of aryl methyl sites for hydroxylation is 2. The molecule has 7 heteroatoms. The van der Waals surface area contributed by atoms with E-state index in [0.29, 0.717) is 30.2 Å². The third-order valence-corrected chi connectivity index (χ3v) is 10.3. The van der Waals surface area contributed by atoms with Crippen LogP contribution in [0.4, 0.5) is 4.39 Å². The Balaban J connectivity index is 0.000000204. The van der Waals surface area contributed by atoms with Crippen molar-refractivity contribution in [3.63, 3.8) is 0 Å².